The summed E-state index contributed by atoms with van der Waals surface area (Å²) in [5, 5.41) is 10.8. The summed E-state index contributed by atoms with van der Waals surface area (Å²) >= 11 is 0. The van der Waals surface area contributed by atoms with E-state index in [0.717, 1.165) is 24.0 Å². The number of carboxylic acid groups (broad SMARTS) is 1. The van der Waals surface area contributed by atoms with Crippen LogP contribution in [0.2, 0.25) is 0 Å². The minimum atomic E-state index is -4.66. The second-order valence-corrected chi connectivity index (χ2v) is 4.98. The van der Waals surface area contributed by atoms with E-state index in [9.17, 15) is 22.8 Å². The van der Waals surface area contributed by atoms with Crippen LogP contribution in [0.4, 0.5) is 13.2 Å². The van der Waals surface area contributed by atoms with Gasteiger partial charge in [-0.2, -0.15) is 13.2 Å². The summed E-state index contributed by atoms with van der Waals surface area (Å²) in [7, 11) is 0. The summed E-state index contributed by atoms with van der Waals surface area (Å²) in [5.74, 6) is -2.47. The first kappa shape index (κ1) is 15.3. The van der Waals surface area contributed by atoms with Crippen molar-refractivity contribution < 1.29 is 27.9 Å². The fourth-order valence-electron chi connectivity index (χ4n) is 2.50. The number of carboxylic acids is 1. The van der Waals surface area contributed by atoms with Crippen molar-refractivity contribution in [3.8, 4) is 0 Å². The van der Waals surface area contributed by atoms with Crippen LogP contribution in [0.1, 0.15) is 34.3 Å². The van der Waals surface area contributed by atoms with Crippen molar-refractivity contribution >= 4 is 11.9 Å². The SMILES string of the molecule is O=C(NC(CC(F)(F)F)C(=O)O)c1cccc2c1CCC2. The van der Waals surface area contributed by atoms with Crippen molar-refractivity contribution in [1.29, 1.82) is 0 Å². The van der Waals surface area contributed by atoms with Gasteiger partial charge in [0.25, 0.3) is 5.91 Å². The van der Waals surface area contributed by atoms with Gasteiger partial charge in [0, 0.05) is 5.56 Å². The number of amides is 1. The minimum absolute atomic E-state index is 0.262. The number of aliphatic carboxylic acids is 1. The molecule has 0 spiro atoms. The number of hydrogen-bond donors (Lipinski definition) is 2. The molecule has 1 aromatic carbocycles. The number of hydrogen-bond acceptors (Lipinski definition) is 2. The van der Waals surface area contributed by atoms with Crippen LogP contribution in [0.5, 0.6) is 0 Å². The topological polar surface area (TPSA) is 66.4 Å². The Balaban J connectivity index is 2.17. The lowest BCUT2D eigenvalue weighted by Crippen LogP contribution is -2.43. The third kappa shape index (κ3) is 3.74. The van der Waals surface area contributed by atoms with E-state index in [4.69, 9.17) is 5.11 Å². The Hall–Kier alpha value is -2.05. The Morgan fingerprint density at radius 1 is 1.29 bits per heavy atom. The highest BCUT2D eigenvalue weighted by Crippen LogP contribution is 2.26. The number of aryl methyl sites for hydroxylation is 1. The molecule has 1 atom stereocenters. The Bertz CT molecular complexity index is 569. The molecule has 1 aliphatic rings. The standard InChI is InChI=1S/C14H14F3NO3/c15-14(16,17)7-11(13(20)21)18-12(19)10-6-2-4-8-3-1-5-9(8)10/h2,4,6,11H,1,3,5,7H2,(H,18,19)(H,20,21). The first-order chi connectivity index (χ1) is 9.78. The highest BCUT2D eigenvalue weighted by molar-refractivity contribution is 5.98. The third-order valence-electron chi connectivity index (χ3n) is 3.43. The Labute approximate surface area is 119 Å². The lowest BCUT2D eigenvalue weighted by atomic mass is 10.0. The van der Waals surface area contributed by atoms with E-state index < -0.39 is 30.5 Å². The number of halogens is 3. The number of carbonyl (C=O) groups is 2. The van der Waals surface area contributed by atoms with Crippen molar-refractivity contribution in [2.24, 2.45) is 0 Å². The molecule has 7 heteroatoms. The van der Waals surface area contributed by atoms with Crippen molar-refractivity contribution in [3.63, 3.8) is 0 Å². The predicted octanol–water partition coefficient (Wildman–Crippen LogP) is 2.31. The predicted molar refractivity (Wildman–Crippen MR) is 68.0 cm³/mol. The molecule has 114 valence electrons. The number of nitrogens with one attached hydrogen (secondary N) is 1. The first-order valence-electron chi connectivity index (χ1n) is 6.49. The maximum absolute atomic E-state index is 12.3. The summed E-state index contributed by atoms with van der Waals surface area (Å²) in [4.78, 5) is 22.9. The van der Waals surface area contributed by atoms with Gasteiger partial charge in [-0.3, -0.25) is 4.79 Å². The summed E-state index contributed by atoms with van der Waals surface area (Å²) in [6, 6.07) is 3.04. The average Bonchev–Trinajstić information content (AvgIpc) is 2.83. The van der Waals surface area contributed by atoms with Gasteiger partial charge in [-0.15, -0.1) is 0 Å². The highest BCUT2D eigenvalue weighted by atomic mass is 19.4. The van der Waals surface area contributed by atoms with Crippen LogP contribution < -0.4 is 5.32 Å². The summed E-state index contributed by atoms with van der Waals surface area (Å²) in [5.41, 5.74) is 2.05. The van der Waals surface area contributed by atoms with Crippen LogP contribution >= 0.6 is 0 Å². The van der Waals surface area contributed by atoms with Crippen molar-refractivity contribution in [2.45, 2.75) is 37.9 Å². The Morgan fingerprint density at radius 3 is 2.62 bits per heavy atom. The van der Waals surface area contributed by atoms with Crippen LogP contribution in [-0.2, 0) is 17.6 Å². The normalized spacial score (nSPS) is 15.4. The molecule has 0 saturated carbocycles. The second-order valence-electron chi connectivity index (χ2n) is 4.98. The number of rotatable bonds is 4. The van der Waals surface area contributed by atoms with Crippen LogP contribution in [0, 0.1) is 0 Å². The van der Waals surface area contributed by atoms with Gasteiger partial charge in [0.2, 0.25) is 0 Å². The van der Waals surface area contributed by atoms with Crippen LogP contribution in [0.15, 0.2) is 18.2 Å². The number of alkyl halides is 3. The van der Waals surface area contributed by atoms with Crippen LogP contribution in [0.3, 0.4) is 0 Å². The minimum Gasteiger partial charge on any atom is -0.480 e. The molecule has 1 amide bonds. The monoisotopic (exact) mass is 301 g/mol. The molecule has 0 saturated heterocycles. The van der Waals surface area contributed by atoms with Gasteiger partial charge < -0.3 is 10.4 Å². The summed E-state index contributed by atoms with van der Waals surface area (Å²) in [6.45, 7) is 0. The maximum Gasteiger partial charge on any atom is 0.391 e. The Kier molecular flexibility index (Phi) is 4.20. The zero-order valence-electron chi connectivity index (χ0n) is 11.0. The molecule has 1 aliphatic carbocycles. The van der Waals surface area contributed by atoms with Crippen molar-refractivity contribution in [3.05, 3.63) is 34.9 Å². The lowest BCUT2D eigenvalue weighted by molar-refractivity contribution is -0.157. The van der Waals surface area contributed by atoms with Gasteiger partial charge in [0.1, 0.15) is 6.04 Å². The molecule has 0 radical (unpaired) electrons. The molecule has 0 aliphatic heterocycles. The molecular weight excluding hydrogens is 287 g/mol. The number of fused-ring (bicyclic) bond motifs is 1. The average molecular weight is 301 g/mol. The molecule has 0 fully saturated rings. The van der Waals surface area contributed by atoms with Gasteiger partial charge in [0.05, 0.1) is 6.42 Å². The van der Waals surface area contributed by atoms with Gasteiger partial charge in [-0.1, -0.05) is 12.1 Å². The van der Waals surface area contributed by atoms with Gasteiger partial charge in [-0.05, 0) is 36.5 Å². The second kappa shape index (κ2) is 5.75. The molecule has 0 aromatic heterocycles. The van der Waals surface area contributed by atoms with Crippen LogP contribution in [-0.4, -0.2) is 29.2 Å². The largest absolute Gasteiger partial charge is 0.480 e. The van der Waals surface area contributed by atoms with E-state index >= 15 is 0 Å². The van der Waals surface area contributed by atoms with Crippen molar-refractivity contribution in [1.82, 2.24) is 5.32 Å². The van der Waals surface area contributed by atoms with E-state index in [1.165, 1.54) is 6.07 Å². The highest BCUT2D eigenvalue weighted by Gasteiger charge is 2.36. The molecule has 0 heterocycles. The molecule has 4 nitrogen and oxygen atoms in total. The fraction of sp³-hybridized carbons (Fsp3) is 0.429. The zero-order valence-corrected chi connectivity index (χ0v) is 11.0. The molecular formula is C14H14F3NO3. The van der Waals surface area contributed by atoms with E-state index in [2.05, 4.69) is 0 Å². The van der Waals surface area contributed by atoms with E-state index in [0.29, 0.717) is 6.42 Å². The fourth-order valence-corrected chi connectivity index (χ4v) is 2.50. The summed E-state index contributed by atoms with van der Waals surface area (Å²) < 4.78 is 37.0. The quantitative estimate of drug-likeness (QED) is 0.897. The van der Waals surface area contributed by atoms with E-state index in [1.807, 2.05) is 11.4 Å². The van der Waals surface area contributed by atoms with E-state index in [-0.39, 0.29) is 5.56 Å². The molecule has 2 N–H and O–H groups in total. The third-order valence-corrected chi connectivity index (χ3v) is 3.43. The molecule has 0 bridgehead atoms. The maximum atomic E-state index is 12.3. The first-order valence-corrected chi connectivity index (χ1v) is 6.49. The van der Waals surface area contributed by atoms with E-state index in [1.54, 1.807) is 6.07 Å². The summed E-state index contributed by atoms with van der Waals surface area (Å²) in [6.07, 6.45) is -3.88. The van der Waals surface area contributed by atoms with Crippen molar-refractivity contribution in [2.75, 3.05) is 0 Å². The molecule has 21 heavy (non-hydrogen) atoms. The van der Waals surface area contributed by atoms with Gasteiger partial charge in [0.15, 0.2) is 0 Å². The lowest BCUT2D eigenvalue weighted by Gasteiger charge is -2.17. The molecule has 1 aromatic rings. The van der Waals surface area contributed by atoms with Crippen LogP contribution in [0.25, 0.3) is 0 Å². The Morgan fingerprint density at radius 2 is 2.00 bits per heavy atom. The molecule has 2 rings (SSSR count). The number of carbonyl (C=O) groups excluding carboxylic acids is 1. The van der Waals surface area contributed by atoms with Gasteiger partial charge in [-0.25, -0.2) is 4.79 Å². The smallest absolute Gasteiger partial charge is 0.391 e. The number of benzene rings is 1. The van der Waals surface area contributed by atoms with Gasteiger partial charge >= 0.3 is 12.1 Å². The molecule has 1 unspecified atom stereocenters. The zero-order chi connectivity index (χ0) is 15.6.